The molecule has 1 heterocycles. The van der Waals surface area contributed by atoms with Crippen LogP contribution in [-0.2, 0) is 13.2 Å². The van der Waals surface area contributed by atoms with E-state index in [-0.39, 0.29) is 12.4 Å². The Hall–Kier alpha value is -1.10. The zero-order valence-electron chi connectivity index (χ0n) is 9.86. The van der Waals surface area contributed by atoms with Gasteiger partial charge < -0.3 is 10.0 Å². The summed E-state index contributed by atoms with van der Waals surface area (Å²) in [6.07, 6.45) is 0. The number of benzene rings is 1. The van der Waals surface area contributed by atoms with Gasteiger partial charge in [0, 0.05) is 17.5 Å². The van der Waals surface area contributed by atoms with Crippen molar-refractivity contribution in [2.45, 2.75) is 13.2 Å². The topological polar surface area (TPSA) is 23.5 Å². The summed E-state index contributed by atoms with van der Waals surface area (Å²) in [6, 6.07) is 8.45. The molecule has 0 bridgehead atoms. The first-order chi connectivity index (χ1) is 8.61. The van der Waals surface area contributed by atoms with E-state index >= 15 is 0 Å². The molecule has 1 aromatic carbocycles. The predicted molar refractivity (Wildman–Crippen MR) is 73.8 cm³/mol. The molecule has 2 nitrogen and oxygen atoms in total. The minimum atomic E-state index is -0.327. The Morgan fingerprint density at radius 2 is 2.11 bits per heavy atom. The van der Waals surface area contributed by atoms with Crippen LogP contribution < -0.4 is 4.90 Å². The van der Waals surface area contributed by atoms with Crippen molar-refractivity contribution >= 4 is 28.6 Å². The minimum absolute atomic E-state index is 0.178. The van der Waals surface area contributed by atoms with E-state index in [1.807, 2.05) is 12.1 Å². The van der Waals surface area contributed by atoms with Gasteiger partial charge in [-0.05, 0) is 18.2 Å². The summed E-state index contributed by atoms with van der Waals surface area (Å²) < 4.78 is 14.5. The van der Waals surface area contributed by atoms with E-state index in [2.05, 4.69) is 0 Å². The maximum atomic E-state index is 13.8. The third-order valence-electron chi connectivity index (χ3n) is 2.64. The SMILES string of the molecule is CN(Cc1ccc(Cl)s1)c1c(F)cccc1CO. The second-order valence-corrected chi connectivity index (χ2v) is 5.77. The molecule has 18 heavy (non-hydrogen) atoms. The van der Waals surface area contributed by atoms with E-state index in [0.717, 1.165) is 4.88 Å². The zero-order valence-corrected chi connectivity index (χ0v) is 11.4. The Labute approximate surface area is 114 Å². The van der Waals surface area contributed by atoms with Gasteiger partial charge in [0.2, 0.25) is 0 Å². The lowest BCUT2D eigenvalue weighted by Crippen LogP contribution is -2.18. The van der Waals surface area contributed by atoms with Gasteiger partial charge in [-0.25, -0.2) is 4.39 Å². The Balaban J connectivity index is 2.25. The number of thiophene rings is 1. The number of para-hydroxylation sites is 1. The fourth-order valence-corrected chi connectivity index (χ4v) is 3.01. The second kappa shape index (κ2) is 5.69. The summed E-state index contributed by atoms with van der Waals surface area (Å²) in [5.41, 5.74) is 1.02. The first-order valence-electron chi connectivity index (χ1n) is 5.45. The van der Waals surface area contributed by atoms with Gasteiger partial charge in [0.05, 0.1) is 23.2 Å². The molecule has 1 N–H and O–H groups in total. The van der Waals surface area contributed by atoms with Gasteiger partial charge in [-0.1, -0.05) is 23.7 Å². The molecule has 0 amide bonds. The van der Waals surface area contributed by atoms with Gasteiger partial charge in [-0.15, -0.1) is 11.3 Å². The molecule has 0 saturated heterocycles. The van der Waals surface area contributed by atoms with Crippen LogP contribution in [0.15, 0.2) is 30.3 Å². The highest BCUT2D eigenvalue weighted by Crippen LogP contribution is 2.28. The summed E-state index contributed by atoms with van der Waals surface area (Å²) in [6.45, 7) is 0.383. The number of aliphatic hydroxyl groups is 1. The predicted octanol–water partition coefficient (Wildman–Crippen LogP) is 3.67. The lowest BCUT2D eigenvalue weighted by molar-refractivity contribution is 0.281. The molecular weight excluding hydrogens is 273 g/mol. The van der Waals surface area contributed by atoms with Gasteiger partial charge >= 0.3 is 0 Å². The Bertz CT molecular complexity index is 544. The molecular formula is C13H13ClFNOS. The van der Waals surface area contributed by atoms with Crippen molar-refractivity contribution in [2.24, 2.45) is 0 Å². The van der Waals surface area contributed by atoms with Crippen LogP contribution in [-0.4, -0.2) is 12.2 Å². The second-order valence-electron chi connectivity index (χ2n) is 3.97. The molecule has 0 aliphatic rings. The summed E-state index contributed by atoms with van der Waals surface area (Å²) >= 11 is 7.33. The standard InChI is InChI=1S/C13H13ClFNOS/c1-16(7-10-5-6-12(14)18-10)13-9(8-17)3-2-4-11(13)15/h2-6,17H,7-8H2,1H3. The number of hydrogen-bond donors (Lipinski definition) is 1. The normalized spacial score (nSPS) is 10.7. The molecule has 0 atom stereocenters. The number of rotatable bonds is 4. The zero-order chi connectivity index (χ0) is 13.1. The van der Waals surface area contributed by atoms with E-state index in [9.17, 15) is 9.50 Å². The van der Waals surface area contributed by atoms with E-state index < -0.39 is 0 Å². The quantitative estimate of drug-likeness (QED) is 0.926. The molecule has 96 valence electrons. The first kappa shape index (κ1) is 13.3. The van der Waals surface area contributed by atoms with Crippen molar-refractivity contribution in [3.05, 3.63) is 50.9 Å². The Kier molecular flexibility index (Phi) is 4.22. The fraction of sp³-hybridized carbons (Fsp3) is 0.231. The molecule has 0 unspecified atom stereocenters. The van der Waals surface area contributed by atoms with Crippen LogP contribution in [0.2, 0.25) is 4.34 Å². The lowest BCUT2D eigenvalue weighted by Gasteiger charge is -2.21. The molecule has 0 radical (unpaired) electrons. The van der Waals surface area contributed by atoms with Crippen LogP contribution in [0.4, 0.5) is 10.1 Å². The third kappa shape index (κ3) is 2.83. The van der Waals surface area contributed by atoms with Crippen LogP contribution in [0.3, 0.4) is 0 Å². The molecule has 0 aliphatic carbocycles. The van der Waals surface area contributed by atoms with Crippen LogP contribution in [0.25, 0.3) is 0 Å². The number of halogens is 2. The Morgan fingerprint density at radius 3 is 2.72 bits per heavy atom. The van der Waals surface area contributed by atoms with Crippen molar-refractivity contribution < 1.29 is 9.50 Å². The largest absolute Gasteiger partial charge is 0.392 e. The summed E-state index contributed by atoms with van der Waals surface area (Å²) in [7, 11) is 1.80. The van der Waals surface area contributed by atoms with Crippen LogP contribution in [0, 0.1) is 5.82 Å². The van der Waals surface area contributed by atoms with Crippen molar-refractivity contribution in [1.82, 2.24) is 0 Å². The summed E-state index contributed by atoms with van der Waals surface area (Å²) in [5, 5.41) is 9.25. The van der Waals surface area contributed by atoms with Crippen LogP contribution >= 0.6 is 22.9 Å². The van der Waals surface area contributed by atoms with Gasteiger partial charge in [0.15, 0.2) is 0 Å². The highest BCUT2D eigenvalue weighted by molar-refractivity contribution is 7.16. The number of anilines is 1. The van der Waals surface area contributed by atoms with Gasteiger partial charge in [-0.2, -0.15) is 0 Å². The maximum Gasteiger partial charge on any atom is 0.146 e. The molecule has 2 rings (SSSR count). The molecule has 5 heteroatoms. The van der Waals surface area contributed by atoms with Crippen molar-refractivity contribution in [3.63, 3.8) is 0 Å². The van der Waals surface area contributed by atoms with E-state index in [1.165, 1.54) is 17.4 Å². The minimum Gasteiger partial charge on any atom is -0.392 e. The van der Waals surface area contributed by atoms with Crippen LogP contribution in [0.1, 0.15) is 10.4 Å². The highest BCUT2D eigenvalue weighted by Gasteiger charge is 2.13. The molecule has 0 saturated carbocycles. The average Bonchev–Trinajstić information content (AvgIpc) is 2.74. The summed E-state index contributed by atoms with van der Waals surface area (Å²) in [5.74, 6) is -0.327. The van der Waals surface area contributed by atoms with Gasteiger partial charge in [0.25, 0.3) is 0 Å². The number of nitrogens with zero attached hydrogens (tertiary/aromatic N) is 1. The van der Waals surface area contributed by atoms with Gasteiger partial charge in [-0.3, -0.25) is 0 Å². The van der Waals surface area contributed by atoms with Crippen molar-refractivity contribution in [3.8, 4) is 0 Å². The van der Waals surface area contributed by atoms with Crippen molar-refractivity contribution in [1.29, 1.82) is 0 Å². The van der Waals surface area contributed by atoms with Crippen LogP contribution in [0.5, 0.6) is 0 Å². The van der Waals surface area contributed by atoms with E-state index in [4.69, 9.17) is 11.6 Å². The maximum absolute atomic E-state index is 13.8. The first-order valence-corrected chi connectivity index (χ1v) is 6.65. The molecule has 2 aromatic rings. The fourth-order valence-electron chi connectivity index (χ4n) is 1.86. The van der Waals surface area contributed by atoms with Gasteiger partial charge in [0.1, 0.15) is 5.82 Å². The molecule has 1 aromatic heterocycles. The molecule has 0 spiro atoms. The Morgan fingerprint density at radius 1 is 1.33 bits per heavy atom. The molecule has 0 aliphatic heterocycles. The molecule has 0 fully saturated rings. The van der Waals surface area contributed by atoms with E-state index in [1.54, 1.807) is 24.1 Å². The van der Waals surface area contributed by atoms with E-state index in [0.29, 0.717) is 22.1 Å². The summed E-state index contributed by atoms with van der Waals surface area (Å²) in [4.78, 5) is 2.83. The number of aliphatic hydroxyl groups excluding tert-OH is 1. The smallest absolute Gasteiger partial charge is 0.146 e. The number of hydrogen-bond acceptors (Lipinski definition) is 3. The lowest BCUT2D eigenvalue weighted by atomic mass is 10.1. The highest BCUT2D eigenvalue weighted by atomic mass is 35.5. The average molecular weight is 286 g/mol. The monoisotopic (exact) mass is 285 g/mol. The third-order valence-corrected chi connectivity index (χ3v) is 3.86. The van der Waals surface area contributed by atoms with Crippen molar-refractivity contribution in [2.75, 3.05) is 11.9 Å².